The number of nitrogens with one attached hydrogen (secondary N) is 2. The fourth-order valence-electron chi connectivity index (χ4n) is 2.51. The molecule has 3 rings (SSSR count). The highest BCUT2D eigenvalue weighted by molar-refractivity contribution is 7.80. The van der Waals surface area contributed by atoms with Gasteiger partial charge in [0.2, 0.25) is 11.7 Å². The molecule has 0 aliphatic heterocycles. The molecule has 0 amide bonds. The summed E-state index contributed by atoms with van der Waals surface area (Å²) in [5.41, 5.74) is 1.63. The smallest absolute Gasteiger partial charge is 0.339 e. The molecule has 156 valence electrons. The Bertz CT molecular complexity index is 1040. The van der Waals surface area contributed by atoms with E-state index in [-0.39, 0.29) is 12.1 Å². The van der Waals surface area contributed by atoms with Crippen molar-refractivity contribution in [3.63, 3.8) is 0 Å². The van der Waals surface area contributed by atoms with Gasteiger partial charge in [-0.05, 0) is 61.6 Å². The Kier molecular flexibility index (Phi) is 7.21. The summed E-state index contributed by atoms with van der Waals surface area (Å²) >= 11 is 11.3. The molecule has 0 bridgehead atoms. The van der Waals surface area contributed by atoms with Crippen molar-refractivity contribution in [2.24, 2.45) is 0 Å². The normalized spacial score (nSPS) is 10.4. The number of carbonyl (C=O) groups excluding carboxylic acids is 1. The number of thiocarbonyl (C=S) groups is 1. The van der Waals surface area contributed by atoms with E-state index in [2.05, 4.69) is 20.8 Å². The van der Waals surface area contributed by atoms with Crippen LogP contribution in [0.3, 0.4) is 0 Å². The number of hydrogen-bond acceptors (Lipinski definition) is 7. The lowest BCUT2D eigenvalue weighted by Gasteiger charge is -2.10. The molecular weight excluding hydrogens is 428 g/mol. The summed E-state index contributed by atoms with van der Waals surface area (Å²) in [4.78, 5) is 16.1. The molecule has 0 saturated carbocycles. The quantitative estimate of drug-likeness (QED) is 0.411. The van der Waals surface area contributed by atoms with Crippen molar-refractivity contribution in [1.29, 1.82) is 0 Å². The summed E-state index contributed by atoms with van der Waals surface area (Å²) in [6.07, 6.45) is 0. The van der Waals surface area contributed by atoms with Gasteiger partial charge in [-0.25, -0.2) is 4.79 Å². The lowest BCUT2D eigenvalue weighted by molar-refractivity contribution is 0.0601. The summed E-state index contributed by atoms with van der Waals surface area (Å²) < 4.78 is 15.4. The Morgan fingerprint density at radius 2 is 2.00 bits per heavy atom. The van der Waals surface area contributed by atoms with E-state index in [1.807, 2.05) is 31.2 Å². The number of carbonyl (C=O) groups is 1. The van der Waals surface area contributed by atoms with Crippen molar-refractivity contribution in [2.75, 3.05) is 19.0 Å². The minimum Gasteiger partial charge on any atom is -0.494 e. The fraction of sp³-hybridized carbons (Fsp3) is 0.200. The Balaban J connectivity index is 1.57. The van der Waals surface area contributed by atoms with Crippen LogP contribution in [0.2, 0.25) is 5.02 Å². The van der Waals surface area contributed by atoms with Gasteiger partial charge in [-0.3, -0.25) is 0 Å². The maximum atomic E-state index is 11.7. The van der Waals surface area contributed by atoms with E-state index in [9.17, 15) is 4.79 Å². The third-order valence-corrected chi connectivity index (χ3v) is 4.50. The molecule has 3 aromatic rings. The minimum absolute atomic E-state index is 0.229. The number of methoxy groups -OCH3 is 1. The Hall–Kier alpha value is -3.17. The zero-order chi connectivity index (χ0) is 21.5. The monoisotopic (exact) mass is 446 g/mol. The molecule has 0 atom stereocenters. The van der Waals surface area contributed by atoms with Crippen LogP contribution in [0.4, 0.5) is 5.69 Å². The van der Waals surface area contributed by atoms with Gasteiger partial charge in [-0.1, -0.05) is 16.8 Å². The van der Waals surface area contributed by atoms with Gasteiger partial charge in [0.1, 0.15) is 5.75 Å². The zero-order valence-corrected chi connectivity index (χ0v) is 17.8. The van der Waals surface area contributed by atoms with Crippen LogP contribution in [0.25, 0.3) is 11.4 Å². The van der Waals surface area contributed by atoms with Crippen LogP contribution in [-0.4, -0.2) is 34.9 Å². The fourth-order valence-corrected chi connectivity index (χ4v) is 2.90. The first kappa shape index (κ1) is 21.5. The van der Waals surface area contributed by atoms with E-state index in [4.69, 9.17) is 37.8 Å². The van der Waals surface area contributed by atoms with Crippen molar-refractivity contribution in [3.05, 3.63) is 58.9 Å². The molecular formula is C20H19ClN4O4S. The van der Waals surface area contributed by atoms with E-state index in [0.29, 0.717) is 34.1 Å². The van der Waals surface area contributed by atoms with Crippen LogP contribution in [-0.2, 0) is 11.3 Å². The number of halogens is 1. The number of hydrogen-bond donors (Lipinski definition) is 2. The Morgan fingerprint density at radius 1 is 1.23 bits per heavy atom. The van der Waals surface area contributed by atoms with E-state index >= 15 is 0 Å². The lowest BCUT2D eigenvalue weighted by Crippen LogP contribution is -2.28. The average Bonchev–Trinajstić information content (AvgIpc) is 3.23. The Morgan fingerprint density at radius 3 is 2.70 bits per heavy atom. The number of ether oxygens (including phenoxy) is 2. The van der Waals surface area contributed by atoms with Crippen LogP contribution in [0.1, 0.15) is 23.2 Å². The summed E-state index contributed by atoms with van der Waals surface area (Å²) in [6.45, 7) is 2.76. The average molecular weight is 447 g/mol. The minimum atomic E-state index is -0.532. The molecule has 8 nitrogen and oxygen atoms in total. The largest absolute Gasteiger partial charge is 0.494 e. The molecule has 0 fully saturated rings. The Labute approximate surface area is 183 Å². The van der Waals surface area contributed by atoms with Crippen LogP contribution in [0.5, 0.6) is 5.75 Å². The molecule has 0 unspecified atom stereocenters. The highest BCUT2D eigenvalue weighted by Gasteiger charge is 2.13. The van der Waals surface area contributed by atoms with Crippen molar-refractivity contribution in [3.8, 4) is 17.1 Å². The molecule has 30 heavy (non-hydrogen) atoms. The molecule has 0 saturated heterocycles. The predicted octanol–water partition coefficient (Wildman–Crippen LogP) is 4.06. The molecule has 2 N–H and O–H groups in total. The summed E-state index contributed by atoms with van der Waals surface area (Å²) in [6, 6.07) is 12.2. The molecule has 0 aliphatic carbocycles. The molecule has 0 spiro atoms. The predicted molar refractivity (Wildman–Crippen MR) is 117 cm³/mol. The molecule has 1 aromatic heterocycles. The second kappa shape index (κ2) is 10.0. The van der Waals surface area contributed by atoms with Crippen LogP contribution in [0.15, 0.2) is 47.0 Å². The lowest BCUT2D eigenvalue weighted by atomic mass is 10.2. The number of esters is 1. The van der Waals surface area contributed by atoms with Gasteiger partial charge < -0.3 is 24.6 Å². The molecule has 0 aliphatic rings. The number of anilines is 1. The maximum Gasteiger partial charge on any atom is 0.339 e. The second-order valence-electron chi connectivity index (χ2n) is 5.96. The molecule has 10 heteroatoms. The van der Waals surface area contributed by atoms with Gasteiger partial charge in [0.05, 0.1) is 30.8 Å². The third-order valence-electron chi connectivity index (χ3n) is 3.92. The van der Waals surface area contributed by atoms with Gasteiger partial charge in [-0.2, -0.15) is 4.98 Å². The van der Waals surface area contributed by atoms with E-state index in [1.54, 1.807) is 18.2 Å². The van der Waals surface area contributed by atoms with Crippen LogP contribution in [0, 0.1) is 0 Å². The van der Waals surface area contributed by atoms with E-state index in [0.717, 1.165) is 11.3 Å². The van der Waals surface area contributed by atoms with E-state index < -0.39 is 5.97 Å². The SMILES string of the molecule is CCOc1ccc(-c2noc(CNC(=S)Nc3ccc(Cl)c(C(=O)OC)c3)n2)cc1. The molecule has 2 aromatic carbocycles. The first-order chi connectivity index (χ1) is 14.5. The standard InChI is InChI=1S/C20H19ClN4O4S/c1-3-28-14-7-4-12(5-8-14)18-24-17(29-25-18)11-22-20(30)23-13-6-9-16(21)15(10-13)19(26)27-2/h4-10H,3,11H2,1-2H3,(H2,22,23,30). The highest BCUT2D eigenvalue weighted by atomic mass is 35.5. The maximum absolute atomic E-state index is 11.7. The van der Waals surface area contributed by atoms with Gasteiger partial charge in [0.15, 0.2) is 5.11 Å². The topological polar surface area (TPSA) is 98.5 Å². The highest BCUT2D eigenvalue weighted by Crippen LogP contribution is 2.22. The first-order valence-corrected chi connectivity index (χ1v) is 9.77. The van der Waals surface area contributed by atoms with Crippen molar-refractivity contribution in [1.82, 2.24) is 15.5 Å². The van der Waals surface area contributed by atoms with Crippen LogP contribution >= 0.6 is 23.8 Å². The van der Waals surface area contributed by atoms with Gasteiger partial charge in [0, 0.05) is 11.3 Å². The number of rotatable bonds is 7. The second-order valence-corrected chi connectivity index (χ2v) is 6.78. The summed E-state index contributed by atoms with van der Waals surface area (Å²) in [7, 11) is 1.29. The van der Waals surface area contributed by atoms with Gasteiger partial charge in [-0.15, -0.1) is 0 Å². The number of benzene rings is 2. The number of nitrogens with zero attached hydrogens (tertiary/aromatic N) is 2. The van der Waals surface area contributed by atoms with Crippen LogP contribution < -0.4 is 15.4 Å². The molecule has 1 heterocycles. The van der Waals surface area contributed by atoms with Crippen molar-refractivity contribution >= 4 is 40.6 Å². The third kappa shape index (κ3) is 5.46. The van der Waals surface area contributed by atoms with Crippen molar-refractivity contribution < 1.29 is 18.8 Å². The molecule has 0 radical (unpaired) electrons. The first-order valence-electron chi connectivity index (χ1n) is 8.98. The summed E-state index contributed by atoms with van der Waals surface area (Å²) in [5.74, 6) is 1.08. The van der Waals surface area contributed by atoms with E-state index in [1.165, 1.54) is 7.11 Å². The van der Waals surface area contributed by atoms with Gasteiger partial charge in [0.25, 0.3) is 0 Å². The van der Waals surface area contributed by atoms with Crippen molar-refractivity contribution in [2.45, 2.75) is 13.5 Å². The number of aromatic nitrogens is 2. The zero-order valence-electron chi connectivity index (χ0n) is 16.3. The van der Waals surface area contributed by atoms with Gasteiger partial charge >= 0.3 is 5.97 Å². The summed E-state index contributed by atoms with van der Waals surface area (Å²) in [5, 5.41) is 10.5.